The van der Waals surface area contributed by atoms with E-state index in [0.717, 1.165) is 23.0 Å². The molecule has 0 bridgehead atoms. The van der Waals surface area contributed by atoms with Crippen molar-refractivity contribution in [3.8, 4) is 0 Å². The van der Waals surface area contributed by atoms with Crippen LogP contribution in [0.3, 0.4) is 0 Å². The van der Waals surface area contributed by atoms with Gasteiger partial charge in [0.05, 0.1) is 11.7 Å². The Balaban J connectivity index is 2.18. The van der Waals surface area contributed by atoms with Crippen LogP contribution < -0.4 is 10.7 Å². The van der Waals surface area contributed by atoms with E-state index in [1.165, 1.54) is 0 Å². The van der Waals surface area contributed by atoms with Gasteiger partial charge < -0.3 is 5.32 Å². The largest absolute Gasteiger partial charge is 0.362 e. The van der Waals surface area contributed by atoms with Crippen molar-refractivity contribution in [3.63, 3.8) is 0 Å². The highest BCUT2D eigenvalue weighted by Crippen LogP contribution is 2.18. The predicted octanol–water partition coefficient (Wildman–Crippen LogP) is 2.71. The van der Waals surface area contributed by atoms with Gasteiger partial charge in [0.25, 0.3) is 0 Å². The zero-order valence-electron chi connectivity index (χ0n) is 10.4. The van der Waals surface area contributed by atoms with Gasteiger partial charge in [-0.1, -0.05) is 29.8 Å². The van der Waals surface area contributed by atoms with Crippen LogP contribution in [0.4, 0.5) is 0 Å². The van der Waals surface area contributed by atoms with E-state index in [2.05, 4.69) is 20.8 Å². The molecule has 0 atom stereocenters. The van der Waals surface area contributed by atoms with E-state index >= 15 is 0 Å². The number of para-hydroxylation sites is 1. The summed E-state index contributed by atoms with van der Waals surface area (Å²) < 4.78 is 0. The predicted molar refractivity (Wildman–Crippen MR) is 83.8 cm³/mol. The van der Waals surface area contributed by atoms with E-state index < -0.39 is 0 Å². The highest BCUT2D eigenvalue weighted by atomic mass is 35.5. The van der Waals surface area contributed by atoms with Crippen LogP contribution in [0.25, 0.3) is 10.9 Å². The van der Waals surface area contributed by atoms with E-state index in [0.29, 0.717) is 10.3 Å². The molecule has 2 rings (SSSR count). The first-order valence-electron chi connectivity index (χ1n) is 5.83. The fourth-order valence-corrected chi connectivity index (χ4v) is 1.95. The molecule has 2 N–H and O–H groups in total. The van der Waals surface area contributed by atoms with Crippen LogP contribution in [0.15, 0.2) is 35.4 Å². The molecule has 0 fully saturated rings. The fraction of sp³-hybridized carbons (Fsp3) is 0.154. The minimum Gasteiger partial charge on any atom is -0.362 e. The van der Waals surface area contributed by atoms with E-state index in [9.17, 15) is 0 Å². The Morgan fingerprint density at radius 2 is 2.26 bits per heavy atom. The molecule has 1 heterocycles. The molecule has 0 aliphatic carbocycles. The average molecular weight is 293 g/mol. The minimum atomic E-state index is 0.415. The second kappa shape index (κ2) is 6.45. The number of nitrogens with one attached hydrogen (secondary N) is 2. The molecule has 6 heteroatoms. The standard InChI is InChI=1S/C13H13ClN4S/c1-2-15-13(19)18-16-8-10-7-9-5-3-4-6-11(9)17-12(10)14/h3-8H,2H2,1H3,(H2,15,18,19)/b16-8+. The van der Waals surface area contributed by atoms with Gasteiger partial charge in [0, 0.05) is 17.5 Å². The fourth-order valence-electron chi connectivity index (χ4n) is 1.56. The number of rotatable bonds is 3. The Morgan fingerprint density at radius 3 is 3.05 bits per heavy atom. The van der Waals surface area contributed by atoms with Gasteiger partial charge in [-0.3, -0.25) is 5.43 Å². The Hall–Kier alpha value is -1.72. The van der Waals surface area contributed by atoms with Crippen molar-refractivity contribution < 1.29 is 0 Å². The van der Waals surface area contributed by atoms with E-state index in [1.54, 1.807) is 6.21 Å². The van der Waals surface area contributed by atoms with Gasteiger partial charge in [-0.15, -0.1) is 0 Å². The monoisotopic (exact) mass is 292 g/mol. The highest BCUT2D eigenvalue weighted by Gasteiger charge is 2.02. The molecular weight excluding hydrogens is 280 g/mol. The third kappa shape index (κ3) is 3.62. The average Bonchev–Trinajstić information content (AvgIpc) is 2.39. The summed E-state index contributed by atoms with van der Waals surface area (Å²) in [6.45, 7) is 2.71. The van der Waals surface area contributed by atoms with Gasteiger partial charge in [-0.2, -0.15) is 5.10 Å². The molecule has 0 amide bonds. The number of hydrogen-bond donors (Lipinski definition) is 2. The van der Waals surface area contributed by atoms with E-state index in [-0.39, 0.29) is 0 Å². The number of aromatic nitrogens is 1. The number of nitrogens with zero attached hydrogens (tertiary/aromatic N) is 2. The second-order valence-electron chi connectivity index (χ2n) is 3.79. The number of hydrazone groups is 1. The summed E-state index contributed by atoms with van der Waals surface area (Å²) in [5, 5.41) is 8.87. The van der Waals surface area contributed by atoms with E-state index in [4.69, 9.17) is 23.8 Å². The van der Waals surface area contributed by atoms with Gasteiger partial charge in [0.1, 0.15) is 5.15 Å². The number of hydrogen-bond acceptors (Lipinski definition) is 3. The summed E-state index contributed by atoms with van der Waals surface area (Å²) in [7, 11) is 0. The molecule has 19 heavy (non-hydrogen) atoms. The van der Waals surface area contributed by atoms with Crippen molar-refractivity contribution in [2.24, 2.45) is 5.10 Å². The molecule has 0 aliphatic rings. The SMILES string of the molecule is CCNC(=S)N/N=C/c1cc2ccccc2nc1Cl. The third-order valence-electron chi connectivity index (χ3n) is 2.41. The molecule has 0 unspecified atom stereocenters. The number of halogens is 1. The van der Waals surface area contributed by atoms with Crippen LogP contribution in [-0.4, -0.2) is 22.9 Å². The molecule has 0 saturated carbocycles. The van der Waals surface area contributed by atoms with Gasteiger partial charge >= 0.3 is 0 Å². The smallest absolute Gasteiger partial charge is 0.186 e. The first-order valence-corrected chi connectivity index (χ1v) is 6.61. The number of pyridine rings is 1. The summed E-state index contributed by atoms with van der Waals surface area (Å²) in [4.78, 5) is 4.31. The Morgan fingerprint density at radius 1 is 1.47 bits per heavy atom. The van der Waals surface area contributed by atoms with Crippen molar-refractivity contribution >= 4 is 46.0 Å². The molecule has 98 valence electrons. The molecule has 1 aromatic heterocycles. The van der Waals surface area contributed by atoms with Crippen molar-refractivity contribution in [1.82, 2.24) is 15.7 Å². The first kappa shape index (κ1) is 13.7. The normalized spacial score (nSPS) is 10.8. The van der Waals surface area contributed by atoms with Crippen molar-refractivity contribution in [2.75, 3.05) is 6.54 Å². The van der Waals surface area contributed by atoms with Crippen LogP contribution in [0.1, 0.15) is 12.5 Å². The molecular formula is C13H13ClN4S. The number of thiocarbonyl (C=S) groups is 1. The Labute approximate surface area is 121 Å². The summed E-state index contributed by atoms with van der Waals surface area (Å²) in [6, 6.07) is 9.72. The molecule has 4 nitrogen and oxygen atoms in total. The molecule has 2 aromatic rings. The lowest BCUT2D eigenvalue weighted by atomic mass is 10.2. The van der Waals surface area contributed by atoms with Gasteiger partial charge in [-0.25, -0.2) is 4.98 Å². The second-order valence-corrected chi connectivity index (χ2v) is 4.56. The maximum Gasteiger partial charge on any atom is 0.186 e. The van der Waals surface area contributed by atoms with E-state index in [1.807, 2.05) is 37.3 Å². The van der Waals surface area contributed by atoms with Crippen LogP contribution >= 0.6 is 23.8 Å². The maximum absolute atomic E-state index is 6.10. The van der Waals surface area contributed by atoms with Crippen molar-refractivity contribution in [2.45, 2.75) is 6.92 Å². The quantitative estimate of drug-likeness (QED) is 0.395. The summed E-state index contributed by atoms with van der Waals surface area (Å²) in [6.07, 6.45) is 1.60. The Kier molecular flexibility index (Phi) is 4.65. The highest BCUT2D eigenvalue weighted by molar-refractivity contribution is 7.80. The first-order chi connectivity index (χ1) is 9.20. The van der Waals surface area contributed by atoms with Crippen LogP contribution in [0.5, 0.6) is 0 Å². The van der Waals surface area contributed by atoms with Gasteiger partial charge in [0.2, 0.25) is 0 Å². The summed E-state index contributed by atoms with van der Waals surface area (Å²) in [5.74, 6) is 0. The van der Waals surface area contributed by atoms with Gasteiger partial charge in [-0.05, 0) is 31.3 Å². The topological polar surface area (TPSA) is 49.3 Å². The molecule has 0 saturated heterocycles. The summed E-state index contributed by atoms with van der Waals surface area (Å²) >= 11 is 11.1. The molecule has 0 spiro atoms. The number of fused-ring (bicyclic) bond motifs is 1. The van der Waals surface area contributed by atoms with Crippen molar-refractivity contribution in [3.05, 3.63) is 41.0 Å². The van der Waals surface area contributed by atoms with Crippen LogP contribution in [0, 0.1) is 0 Å². The minimum absolute atomic E-state index is 0.415. The zero-order valence-corrected chi connectivity index (χ0v) is 11.9. The van der Waals surface area contributed by atoms with Crippen LogP contribution in [-0.2, 0) is 0 Å². The molecule has 1 aromatic carbocycles. The molecule has 0 aliphatic heterocycles. The van der Waals surface area contributed by atoms with Gasteiger partial charge in [0.15, 0.2) is 5.11 Å². The number of benzene rings is 1. The maximum atomic E-state index is 6.10. The summed E-state index contributed by atoms with van der Waals surface area (Å²) in [5.41, 5.74) is 4.32. The zero-order chi connectivity index (χ0) is 13.7. The lowest BCUT2D eigenvalue weighted by Gasteiger charge is -2.04. The Bertz CT molecular complexity index is 627. The molecule has 0 radical (unpaired) electrons. The van der Waals surface area contributed by atoms with Crippen LogP contribution in [0.2, 0.25) is 5.15 Å². The van der Waals surface area contributed by atoms with Crippen molar-refractivity contribution in [1.29, 1.82) is 0 Å². The third-order valence-corrected chi connectivity index (χ3v) is 2.95. The lowest BCUT2D eigenvalue weighted by Crippen LogP contribution is -2.31. The lowest BCUT2D eigenvalue weighted by molar-refractivity contribution is 0.904.